The lowest BCUT2D eigenvalue weighted by Crippen LogP contribution is -2.25. The Bertz CT molecular complexity index is 456. The van der Waals surface area contributed by atoms with Gasteiger partial charge >= 0.3 is 0 Å². The molecule has 0 spiro atoms. The molecule has 90 valence electrons. The lowest BCUT2D eigenvalue weighted by atomic mass is 10.00. The van der Waals surface area contributed by atoms with Crippen molar-refractivity contribution in [2.45, 2.75) is 12.8 Å². The van der Waals surface area contributed by atoms with Gasteiger partial charge in [-0.25, -0.2) is 0 Å². The Labute approximate surface area is 106 Å². The monoisotopic (exact) mass is 248 g/mol. The van der Waals surface area contributed by atoms with Crippen LogP contribution >= 0.6 is 12.2 Å². The van der Waals surface area contributed by atoms with Crippen LogP contribution in [0.1, 0.15) is 17.5 Å². The Morgan fingerprint density at radius 2 is 2.41 bits per heavy atom. The fourth-order valence-electron chi connectivity index (χ4n) is 2.06. The van der Waals surface area contributed by atoms with Gasteiger partial charge in [-0.2, -0.15) is 5.10 Å². The lowest BCUT2D eigenvalue weighted by molar-refractivity contribution is 0.744. The predicted octanol–water partition coefficient (Wildman–Crippen LogP) is 1.24. The van der Waals surface area contributed by atoms with Crippen molar-refractivity contribution < 1.29 is 0 Å². The van der Waals surface area contributed by atoms with Gasteiger partial charge in [0.15, 0.2) is 5.11 Å². The van der Waals surface area contributed by atoms with Crippen molar-refractivity contribution in [1.29, 1.82) is 0 Å². The number of thiocarbonyl (C=S) groups is 1. The third-order valence-electron chi connectivity index (χ3n) is 2.84. The quantitative estimate of drug-likeness (QED) is 0.470. The van der Waals surface area contributed by atoms with Gasteiger partial charge in [0.05, 0.1) is 6.21 Å². The minimum atomic E-state index is 0.180. The van der Waals surface area contributed by atoms with E-state index in [0.717, 1.165) is 18.5 Å². The van der Waals surface area contributed by atoms with Gasteiger partial charge in [0, 0.05) is 19.3 Å². The smallest absolute Gasteiger partial charge is 0.184 e. The Kier molecular flexibility index (Phi) is 3.58. The molecule has 0 unspecified atom stereocenters. The fraction of sp³-hybridized carbons (Fsp3) is 0.333. The maximum Gasteiger partial charge on any atom is 0.184 e. The van der Waals surface area contributed by atoms with Crippen molar-refractivity contribution in [3.05, 3.63) is 29.3 Å². The minimum absolute atomic E-state index is 0.180. The number of rotatable bonds is 2. The van der Waals surface area contributed by atoms with Gasteiger partial charge in [-0.15, -0.1) is 0 Å². The predicted molar refractivity (Wildman–Crippen MR) is 75.5 cm³/mol. The summed E-state index contributed by atoms with van der Waals surface area (Å²) in [6.45, 7) is 1.13. The first-order valence-corrected chi connectivity index (χ1v) is 6.00. The topological polar surface area (TPSA) is 53.6 Å². The highest BCUT2D eigenvalue weighted by atomic mass is 32.1. The van der Waals surface area contributed by atoms with E-state index in [-0.39, 0.29) is 5.11 Å². The normalized spacial score (nSPS) is 14.8. The SMILES string of the molecule is CN1CCCc2cc(C=NNC(N)=S)ccc21. The summed E-state index contributed by atoms with van der Waals surface area (Å²) in [5, 5.41) is 4.13. The number of anilines is 1. The van der Waals surface area contributed by atoms with Crippen molar-refractivity contribution in [2.75, 3.05) is 18.5 Å². The van der Waals surface area contributed by atoms with Crippen LogP contribution in [-0.4, -0.2) is 24.9 Å². The van der Waals surface area contributed by atoms with E-state index in [2.05, 4.69) is 46.8 Å². The van der Waals surface area contributed by atoms with Crippen molar-refractivity contribution in [3.63, 3.8) is 0 Å². The number of fused-ring (bicyclic) bond motifs is 1. The molecular weight excluding hydrogens is 232 g/mol. The Morgan fingerprint density at radius 3 is 3.18 bits per heavy atom. The van der Waals surface area contributed by atoms with Gasteiger partial charge in [0.2, 0.25) is 0 Å². The molecule has 2 rings (SSSR count). The summed E-state index contributed by atoms with van der Waals surface area (Å²) < 4.78 is 0. The van der Waals surface area contributed by atoms with Gasteiger partial charge in [0.25, 0.3) is 0 Å². The van der Waals surface area contributed by atoms with Gasteiger partial charge in [-0.05, 0) is 48.3 Å². The van der Waals surface area contributed by atoms with Crippen LogP contribution in [-0.2, 0) is 6.42 Å². The second kappa shape index (κ2) is 5.14. The molecule has 0 saturated heterocycles. The lowest BCUT2D eigenvalue weighted by Gasteiger charge is -2.27. The highest BCUT2D eigenvalue weighted by Crippen LogP contribution is 2.26. The van der Waals surface area contributed by atoms with E-state index >= 15 is 0 Å². The number of hydrazone groups is 1. The Hall–Kier alpha value is -1.62. The summed E-state index contributed by atoms with van der Waals surface area (Å²) in [6, 6.07) is 6.34. The second-order valence-corrected chi connectivity index (χ2v) is 4.59. The van der Waals surface area contributed by atoms with Crippen LogP contribution in [0.3, 0.4) is 0 Å². The summed E-state index contributed by atoms with van der Waals surface area (Å²) in [4.78, 5) is 2.28. The molecule has 1 aromatic carbocycles. The fourth-order valence-corrected chi connectivity index (χ4v) is 2.11. The van der Waals surface area contributed by atoms with Crippen molar-refractivity contribution in [2.24, 2.45) is 10.8 Å². The highest BCUT2D eigenvalue weighted by molar-refractivity contribution is 7.80. The van der Waals surface area contributed by atoms with Crippen molar-refractivity contribution in [3.8, 4) is 0 Å². The largest absolute Gasteiger partial charge is 0.375 e. The van der Waals surface area contributed by atoms with Gasteiger partial charge < -0.3 is 10.6 Å². The molecule has 0 aliphatic carbocycles. The average Bonchev–Trinajstić information content (AvgIpc) is 2.29. The summed E-state index contributed by atoms with van der Waals surface area (Å²) in [5.41, 5.74) is 11.6. The maximum atomic E-state index is 5.29. The minimum Gasteiger partial charge on any atom is -0.375 e. The van der Waals surface area contributed by atoms with Gasteiger partial charge in [0.1, 0.15) is 0 Å². The molecule has 1 aliphatic heterocycles. The summed E-state index contributed by atoms with van der Waals surface area (Å²) in [7, 11) is 2.13. The third-order valence-corrected chi connectivity index (χ3v) is 2.93. The molecule has 0 saturated carbocycles. The molecule has 5 heteroatoms. The van der Waals surface area contributed by atoms with Crippen molar-refractivity contribution in [1.82, 2.24) is 5.43 Å². The third kappa shape index (κ3) is 2.94. The van der Waals surface area contributed by atoms with E-state index in [0.29, 0.717) is 0 Å². The number of nitrogens with one attached hydrogen (secondary N) is 1. The van der Waals surface area contributed by atoms with E-state index in [1.54, 1.807) is 6.21 Å². The summed E-state index contributed by atoms with van der Waals surface area (Å²) >= 11 is 4.67. The molecule has 0 bridgehead atoms. The highest BCUT2D eigenvalue weighted by Gasteiger charge is 2.12. The number of aryl methyl sites for hydroxylation is 1. The van der Waals surface area contributed by atoms with E-state index in [9.17, 15) is 0 Å². The molecule has 0 radical (unpaired) electrons. The first-order valence-electron chi connectivity index (χ1n) is 5.59. The average molecular weight is 248 g/mol. The molecule has 4 nitrogen and oxygen atoms in total. The molecule has 1 aliphatic rings. The Morgan fingerprint density at radius 1 is 1.59 bits per heavy atom. The van der Waals surface area contributed by atoms with Crippen LogP contribution in [0.15, 0.2) is 23.3 Å². The zero-order valence-electron chi connectivity index (χ0n) is 9.81. The molecule has 17 heavy (non-hydrogen) atoms. The van der Waals surface area contributed by atoms with Crippen LogP contribution in [0, 0.1) is 0 Å². The molecule has 0 aromatic heterocycles. The molecular formula is C12H16N4S. The molecule has 1 aromatic rings. The van der Waals surface area contributed by atoms with Crippen LogP contribution in [0.4, 0.5) is 5.69 Å². The number of nitrogens with two attached hydrogens (primary N) is 1. The number of hydrogen-bond acceptors (Lipinski definition) is 3. The van der Waals surface area contributed by atoms with Crippen molar-refractivity contribution >= 4 is 29.2 Å². The molecule has 3 N–H and O–H groups in total. The summed E-state index contributed by atoms with van der Waals surface area (Å²) in [6.07, 6.45) is 4.06. The second-order valence-electron chi connectivity index (χ2n) is 4.15. The first kappa shape index (κ1) is 11.9. The number of benzene rings is 1. The van der Waals surface area contributed by atoms with Crippen LogP contribution in [0.25, 0.3) is 0 Å². The summed E-state index contributed by atoms with van der Waals surface area (Å²) in [5.74, 6) is 0. The van der Waals surface area contributed by atoms with Crippen LogP contribution in [0.5, 0.6) is 0 Å². The van der Waals surface area contributed by atoms with Gasteiger partial charge in [-0.1, -0.05) is 6.07 Å². The van der Waals surface area contributed by atoms with E-state index < -0.39 is 0 Å². The van der Waals surface area contributed by atoms with E-state index in [1.165, 1.54) is 17.7 Å². The zero-order chi connectivity index (χ0) is 12.3. The van der Waals surface area contributed by atoms with Crippen LogP contribution in [0.2, 0.25) is 0 Å². The number of hydrogen-bond donors (Lipinski definition) is 2. The number of nitrogens with zero attached hydrogens (tertiary/aromatic N) is 2. The maximum absolute atomic E-state index is 5.29. The molecule has 1 heterocycles. The zero-order valence-corrected chi connectivity index (χ0v) is 10.6. The molecule has 0 amide bonds. The molecule has 0 fully saturated rings. The Balaban J connectivity index is 2.16. The van der Waals surface area contributed by atoms with E-state index in [1.807, 2.05) is 6.07 Å². The van der Waals surface area contributed by atoms with E-state index in [4.69, 9.17) is 5.73 Å². The standard InChI is InChI=1S/C12H16N4S/c1-16-6-2-3-10-7-9(4-5-11(10)16)8-14-15-12(13)17/h4-5,7-8H,2-3,6H2,1H3,(H3,13,15,17). The van der Waals surface area contributed by atoms with Gasteiger partial charge in [-0.3, -0.25) is 5.43 Å². The first-order chi connectivity index (χ1) is 8.16. The molecule has 0 atom stereocenters. The van der Waals surface area contributed by atoms with Crippen LogP contribution < -0.4 is 16.1 Å².